The van der Waals surface area contributed by atoms with Crippen LogP contribution in [-0.4, -0.2) is 26.2 Å². The van der Waals surface area contributed by atoms with Crippen molar-refractivity contribution in [3.05, 3.63) is 40.3 Å². The van der Waals surface area contributed by atoms with Gasteiger partial charge in [-0.15, -0.1) is 11.3 Å². The van der Waals surface area contributed by atoms with Crippen molar-refractivity contribution < 1.29 is 8.42 Å². The molecular weight excluding hydrogens is 292 g/mol. The van der Waals surface area contributed by atoms with E-state index in [4.69, 9.17) is 0 Å². The first-order chi connectivity index (χ1) is 9.49. The Labute approximate surface area is 123 Å². The highest BCUT2D eigenvalue weighted by Gasteiger charge is 2.06. The van der Waals surface area contributed by atoms with Crippen molar-refractivity contribution in [2.75, 3.05) is 18.1 Å². The maximum absolute atomic E-state index is 11.3. The lowest BCUT2D eigenvalue weighted by Crippen LogP contribution is -2.05. The van der Waals surface area contributed by atoms with Gasteiger partial charge in [-0.25, -0.2) is 13.4 Å². The molecule has 108 valence electrons. The highest BCUT2D eigenvalue weighted by atomic mass is 32.2. The fraction of sp³-hybridized carbons (Fsp3) is 0.357. The average molecular weight is 310 g/mol. The van der Waals surface area contributed by atoms with E-state index >= 15 is 0 Å². The predicted molar refractivity (Wildman–Crippen MR) is 83.2 cm³/mol. The van der Waals surface area contributed by atoms with Gasteiger partial charge in [-0.1, -0.05) is 6.92 Å². The quantitative estimate of drug-likeness (QED) is 0.891. The SMILES string of the molecule is CCc1cnc(CCNc2ccc(S(C)(=O)=O)cc2)s1. The van der Waals surface area contributed by atoms with Crippen LogP contribution in [0.25, 0.3) is 0 Å². The zero-order valence-electron chi connectivity index (χ0n) is 11.6. The number of sulfone groups is 1. The first-order valence-electron chi connectivity index (χ1n) is 6.46. The Morgan fingerprint density at radius 2 is 1.95 bits per heavy atom. The van der Waals surface area contributed by atoms with Gasteiger partial charge in [0.25, 0.3) is 0 Å². The van der Waals surface area contributed by atoms with E-state index in [1.165, 1.54) is 11.1 Å². The number of hydrogen-bond acceptors (Lipinski definition) is 5. The van der Waals surface area contributed by atoms with Gasteiger partial charge >= 0.3 is 0 Å². The number of thiazole rings is 1. The van der Waals surface area contributed by atoms with Crippen molar-refractivity contribution in [1.29, 1.82) is 0 Å². The van der Waals surface area contributed by atoms with Crippen molar-refractivity contribution in [1.82, 2.24) is 4.98 Å². The van der Waals surface area contributed by atoms with E-state index in [1.807, 2.05) is 6.20 Å². The van der Waals surface area contributed by atoms with Crippen molar-refractivity contribution in [3.63, 3.8) is 0 Å². The topological polar surface area (TPSA) is 59.1 Å². The molecule has 1 aromatic carbocycles. The second-order valence-corrected chi connectivity index (χ2v) is 7.76. The van der Waals surface area contributed by atoms with E-state index in [2.05, 4.69) is 17.2 Å². The molecular formula is C14H18N2O2S2. The third-order valence-corrected chi connectivity index (χ3v) is 5.23. The maximum Gasteiger partial charge on any atom is 0.175 e. The summed E-state index contributed by atoms with van der Waals surface area (Å²) in [6, 6.07) is 6.82. The largest absolute Gasteiger partial charge is 0.385 e. The summed E-state index contributed by atoms with van der Waals surface area (Å²) in [6.45, 7) is 2.91. The molecule has 0 saturated heterocycles. The van der Waals surface area contributed by atoms with Crippen LogP contribution in [0.15, 0.2) is 35.4 Å². The molecule has 1 N–H and O–H groups in total. The van der Waals surface area contributed by atoms with E-state index in [9.17, 15) is 8.42 Å². The lowest BCUT2D eigenvalue weighted by atomic mass is 10.3. The first kappa shape index (κ1) is 15.0. The van der Waals surface area contributed by atoms with Gasteiger partial charge in [0.2, 0.25) is 0 Å². The molecule has 1 heterocycles. The minimum absolute atomic E-state index is 0.343. The van der Waals surface area contributed by atoms with E-state index in [-0.39, 0.29) is 0 Å². The molecule has 0 saturated carbocycles. The molecule has 1 aromatic heterocycles. The van der Waals surface area contributed by atoms with Crippen molar-refractivity contribution >= 4 is 26.9 Å². The molecule has 0 amide bonds. The van der Waals surface area contributed by atoms with Gasteiger partial charge < -0.3 is 5.32 Å². The number of rotatable bonds is 6. The summed E-state index contributed by atoms with van der Waals surface area (Å²) in [5, 5.41) is 4.40. The summed E-state index contributed by atoms with van der Waals surface area (Å²) in [5.41, 5.74) is 0.921. The number of hydrogen-bond donors (Lipinski definition) is 1. The zero-order valence-corrected chi connectivity index (χ0v) is 13.2. The highest BCUT2D eigenvalue weighted by Crippen LogP contribution is 2.16. The minimum Gasteiger partial charge on any atom is -0.385 e. The maximum atomic E-state index is 11.3. The van der Waals surface area contributed by atoms with Crippen LogP contribution in [0.4, 0.5) is 5.69 Å². The summed E-state index contributed by atoms with van der Waals surface area (Å²) in [6.07, 6.45) is 5.04. The molecule has 6 heteroatoms. The second kappa shape index (κ2) is 6.37. The monoisotopic (exact) mass is 310 g/mol. The molecule has 0 unspecified atom stereocenters. The van der Waals surface area contributed by atoms with E-state index in [1.54, 1.807) is 35.6 Å². The Morgan fingerprint density at radius 1 is 1.25 bits per heavy atom. The van der Waals surface area contributed by atoms with Gasteiger partial charge in [0.05, 0.1) is 9.90 Å². The summed E-state index contributed by atoms with van der Waals surface area (Å²) in [4.78, 5) is 6.01. The molecule has 0 aliphatic rings. The Kier molecular flexibility index (Phi) is 4.77. The standard InChI is InChI=1S/C14H18N2O2S2/c1-3-12-10-16-14(19-12)8-9-15-11-4-6-13(7-5-11)20(2,17)18/h4-7,10,15H,3,8-9H2,1-2H3. The van der Waals surface area contributed by atoms with Crippen molar-refractivity contribution in [2.45, 2.75) is 24.7 Å². The van der Waals surface area contributed by atoms with E-state index in [0.717, 1.165) is 30.1 Å². The summed E-state index contributed by atoms with van der Waals surface area (Å²) in [5.74, 6) is 0. The Bertz CT molecular complexity index is 661. The normalized spacial score (nSPS) is 11.5. The smallest absolute Gasteiger partial charge is 0.175 e. The zero-order chi connectivity index (χ0) is 14.6. The number of anilines is 1. The third-order valence-electron chi connectivity index (χ3n) is 2.90. The molecule has 20 heavy (non-hydrogen) atoms. The van der Waals surface area contributed by atoms with Crippen LogP contribution in [0.2, 0.25) is 0 Å². The Balaban J connectivity index is 1.88. The fourth-order valence-electron chi connectivity index (χ4n) is 1.76. The van der Waals surface area contributed by atoms with E-state index < -0.39 is 9.84 Å². The van der Waals surface area contributed by atoms with Crippen LogP contribution in [0.1, 0.15) is 16.8 Å². The van der Waals surface area contributed by atoms with Crippen molar-refractivity contribution in [2.24, 2.45) is 0 Å². The van der Waals surface area contributed by atoms with Gasteiger partial charge in [0.1, 0.15) is 0 Å². The number of nitrogens with zero attached hydrogens (tertiary/aromatic N) is 1. The molecule has 2 rings (SSSR count). The molecule has 0 fully saturated rings. The Hall–Kier alpha value is -1.40. The third kappa shape index (κ3) is 4.05. The molecule has 4 nitrogen and oxygen atoms in total. The summed E-state index contributed by atoms with van der Waals surface area (Å²) in [7, 11) is -3.12. The molecule has 0 radical (unpaired) electrons. The molecule has 0 spiro atoms. The molecule has 0 aliphatic carbocycles. The van der Waals surface area contributed by atoms with Gasteiger partial charge in [-0.05, 0) is 30.7 Å². The van der Waals surface area contributed by atoms with Gasteiger partial charge in [-0.2, -0.15) is 0 Å². The molecule has 2 aromatic rings. The van der Waals surface area contributed by atoms with Crippen LogP contribution in [0.3, 0.4) is 0 Å². The lowest BCUT2D eigenvalue weighted by Gasteiger charge is -2.05. The lowest BCUT2D eigenvalue weighted by molar-refractivity contribution is 0.602. The first-order valence-corrected chi connectivity index (χ1v) is 9.17. The summed E-state index contributed by atoms with van der Waals surface area (Å²) >= 11 is 1.74. The minimum atomic E-state index is -3.12. The molecule has 0 bridgehead atoms. The van der Waals surface area contributed by atoms with Crippen LogP contribution in [0, 0.1) is 0 Å². The average Bonchev–Trinajstić information content (AvgIpc) is 2.86. The van der Waals surface area contributed by atoms with Gasteiger partial charge in [0, 0.05) is 36.0 Å². The van der Waals surface area contributed by atoms with Gasteiger partial charge in [0.15, 0.2) is 9.84 Å². The molecule has 0 aliphatic heterocycles. The van der Waals surface area contributed by atoms with E-state index in [0.29, 0.717) is 4.90 Å². The van der Waals surface area contributed by atoms with Crippen LogP contribution in [0.5, 0.6) is 0 Å². The number of aromatic nitrogens is 1. The fourth-order valence-corrected chi connectivity index (χ4v) is 3.25. The second-order valence-electron chi connectivity index (χ2n) is 4.55. The number of benzene rings is 1. The number of nitrogens with one attached hydrogen (secondary N) is 1. The van der Waals surface area contributed by atoms with Crippen LogP contribution in [-0.2, 0) is 22.7 Å². The van der Waals surface area contributed by atoms with Gasteiger partial charge in [-0.3, -0.25) is 0 Å². The Morgan fingerprint density at radius 3 is 2.50 bits per heavy atom. The van der Waals surface area contributed by atoms with Crippen LogP contribution < -0.4 is 5.32 Å². The summed E-state index contributed by atoms with van der Waals surface area (Å²) < 4.78 is 22.7. The highest BCUT2D eigenvalue weighted by molar-refractivity contribution is 7.90. The number of aryl methyl sites for hydroxylation is 1. The van der Waals surface area contributed by atoms with Crippen LogP contribution >= 0.6 is 11.3 Å². The predicted octanol–water partition coefficient (Wildman–Crippen LogP) is 2.76. The molecule has 0 atom stereocenters. The van der Waals surface area contributed by atoms with Crippen molar-refractivity contribution in [3.8, 4) is 0 Å².